The maximum Gasteiger partial charge on any atom is 0.328 e. The van der Waals surface area contributed by atoms with Gasteiger partial charge in [0.1, 0.15) is 0 Å². The van der Waals surface area contributed by atoms with Crippen molar-refractivity contribution in [2.75, 3.05) is 32.8 Å². The second kappa shape index (κ2) is 4.74. The van der Waals surface area contributed by atoms with Crippen LogP contribution in [0.4, 0.5) is 0 Å². The molecule has 0 amide bonds. The van der Waals surface area contributed by atoms with Gasteiger partial charge < -0.3 is 14.6 Å². The number of carboxylic acids is 1. The maximum atomic E-state index is 10.3. The van der Waals surface area contributed by atoms with E-state index >= 15 is 0 Å². The van der Waals surface area contributed by atoms with E-state index in [0.29, 0.717) is 19.8 Å². The van der Waals surface area contributed by atoms with Crippen LogP contribution >= 0.6 is 0 Å². The van der Waals surface area contributed by atoms with Crippen molar-refractivity contribution in [2.45, 2.75) is 12.2 Å². The third kappa shape index (κ3) is 2.77. The summed E-state index contributed by atoms with van der Waals surface area (Å²) in [5, 5.41) is 8.44. The Kier molecular flexibility index (Phi) is 3.35. The monoisotopic (exact) mass is 213 g/mol. The van der Waals surface area contributed by atoms with Gasteiger partial charge in [0.25, 0.3) is 0 Å². The SMILES string of the molecule is O=C(O)C=CCN1C[C@@H]2OCCO[C@@H]2C1. The van der Waals surface area contributed by atoms with Crippen molar-refractivity contribution in [1.82, 2.24) is 4.90 Å². The molecule has 1 N–H and O–H groups in total. The fourth-order valence-electron chi connectivity index (χ4n) is 1.99. The van der Waals surface area contributed by atoms with Gasteiger partial charge >= 0.3 is 5.97 Å². The Morgan fingerprint density at radius 3 is 2.47 bits per heavy atom. The largest absolute Gasteiger partial charge is 0.478 e. The van der Waals surface area contributed by atoms with Crippen LogP contribution in [0, 0.1) is 0 Å². The zero-order valence-electron chi connectivity index (χ0n) is 8.46. The van der Waals surface area contributed by atoms with Gasteiger partial charge in [0.15, 0.2) is 0 Å². The van der Waals surface area contributed by atoms with E-state index in [1.807, 2.05) is 0 Å². The molecule has 0 radical (unpaired) electrons. The minimum absolute atomic E-state index is 0.164. The number of aliphatic carboxylic acids is 1. The second-order valence-corrected chi connectivity index (χ2v) is 3.78. The molecule has 2 atom stereocenters. The molecular formula is C10H15NO4. The van der Waals surface area contributed by atoms with Gasteiger partial charge in [-0.15, -0.1) is 0 Å². The number of likely N-dealkylation sites (tertiary alicyclic amines) is 1. The second-order valence-electron chi connectivity index (χ2n) is 3.78. The van der Waals surface area contributed by atoms with E-state index in [4.69, 9.17) is 14.6 Å². The first-order valence-electron chi connectivity index (χ1n) is 5.11. The van der Waals surface area contributed by atoms with Crippen LogP contribution in [0.25, 0.3) is 0 Å². The number of ether oxygens (including phenoxy) is 2. The highest BCUT2D eigenvalue weighted by Gasteiger charge is 2.35. The Morgan fingerprint density at radius 1 is 1.33 bits per heavy atom. The molecule has 0 aromatic rings. The standard InChI is InChI=1S/C10H15NO4/c12-10(13)2-1-3-11-6-8-9(7-11)15-5-4-14-8/h1-2,8-9H,3-7H2,(H,12,13)/t8-,9+. The molecule has 2 rings (SSSR count). The van der Waals surface area contributed by atoms with E-state index in [2.05, 4.69) is 4.90 Å². The highest BCUT2D eigenvalue weighted by Crippen LogP contribution is 2.19. The molecule has 0 bridgehead atoms. The van der Waals surface area contributed by atoms with Crippen molar-refractivity contribution in [3.05, 3.63) is 12.2 Å². The summed E-state index contributed by atoms with van der Waals surface area (Å²) >= 11 is 0. The summed E-state index contributed by atoms with van der Waals surface area (Å²) in [6, 6.07) is 0. The quantitative estimate of drug-likeness (QED) is 0.654. The van der Waals surface area contributed by atoms with Crippen LogP contribution in [0.1, 0.15) is 0 Å². The van der Waals surface area contributed by atoms with E-state index in [1.165, 1.54) is 6.08 Å². The molecule has 2 heterocycles. The maximum absolute atomic E-state index is 10.3. The fraction of sp³-hybridized carbons (Fsp3) is 0.700. The molecular weight excluding hydrogens is 198 g/mol. The predicted molar refractivity (Wildman–Crippen MR) is 52.7 cm³/mol. The molecule has 0 spiro atoms. The third-order valence-corrected chi connectivity index (χ3v) is 2.66. The zero-order valence-corrected chi connectivity index (χ0v) is 8.46. The van der Waals surface area contributed by atoms with Crippen LogP contribution in [0.2, 0.25) is 0 Å². The van der Waals surface area contributed by atoms with E-state index in [-0.39, 0.29) is 12.2 Å². The number of fused-ring (bicyclic) bond motifs is 1. The first kappa shape index (κ1) is 10.6. The Balaban J connectivity index is 1.79. The van der Waals surface area contributed by atoms with Crippen LogP contribution in [0.3, 0.4) is 0 Å². The lowest BCUT2D eigenvalue weighted by atomic mass is 10.2. The molecule has 15 heavy (non-hydrogen) atoms. The van der Waals surface area contributed by atoms with Crippen molar-refractivity contribution in [3.63, 3.8) is 0 Å². The van der Waals surface area contributed by atoms with Crippen molar-refractivity contribution in [3.8, 4) is 0 Å². The summed E-state index contributed by atoms with van der Waals surface area (Å²) in [6.45, 7) is 3.63. The molecule has 84 valence electrons. The molecule has 0 aliphatic carbocycles. The van der Waals surface area contributed by atoms with Crippen molar-refractivity contribution < 1.29 is 19.4 Å². The Morgan fingerprint density at radius 2 is 1.93 bits per heavy atom. The molecule has 2 aliphatic rings. The van der Waals surface area contributed by atoms with Crippen molar-refractivity contribution >= 4 is 5.97 Å². The number of rotatable bonds is 3. The van der Waals surface area contributed by atoms with Crippen LogP contribution < -0.4 is 0 Å². The summed E-state index contributed by atoms with van der Waals surface area (Å²) in [4.78, 5) is 12.4. The Bertz CT molecular complexity index is 252. The Hall–Kier alpha value is -0.910. The van der Waals surface area contributed by atoms with Gasteiger partial charge in [0.05, 0.1) is 25.4 Å². The number of nitrogens with zero attached hydrogens (tertiary/aromatic N) is 1. The lowest BCUT2D eigenvalue weighted by Gasteiger charge is -2.24. The van der Waals surface area contributed by atoms with Crippen LogP contribution in [-0.4, -0.2) is 61.0 Å². The van der Waals surface area contributed by atoms with Crippen LogP contribution in [0.5, 0.6) is 0 Å². The average Bonchev–Trinajstić information content (AvgIpc) is 2.59. The first-order chi connectivity index (χ1) is 7.25. The predicted octanol–water partition coefficient (Wildman–Crippen LogP) is -0.273. The lowest BCUT2D eigenvalue weighted by Crippen LogP contribution is -2.36. The van der Waals surface area contributed by atoms with Gasteiger partial charge in [-0.25, -0.2) is 4.79 Å². The molecule has 2 saturated heterocycles. The summed E-state index contributed by atoms with van der Waals surface area (Å²) in [5.41, 5.74) is 0. The van der Waals surface area contributed by atoms with Crippen LogP contribution in [-0.2, 0) is 14.3 Å². The molecule has 5 nitrogen and oxygen atoms in total. The summed E-state index contributed by atoms with van der Waals surface area (Å²) in [7, 11) is 0. The molecule has 0 saturated carbocycles. The summed E-state index contributed by atoms with van der Waals surface area (Å²) in [6.07, 6.45) is 3.15. The minimum Gasteiger partial charge on any atom is -0.478 e. The molecule has 5 heteroatoms. The Labute approximate surface area is 88.3 Å². The van der Waals surface area contributed by atoms with Crippen molar-refractivity contribution in [1.29, 1.82) is 0 Å². The normalized spacial score (nSPS) is 32.0. The fourth-order valence-corrected chi connectivity index (χ4v) is 1.99. The zero-order chi connectivity index (χ0) is 10.7. The van der Waals surface area contributed by atoms with Crippen molar-refractivity contribution in [2.24, 2.45) is 0 Å². The summed E-state index contributed by atoms with van der Waals surface area (Å²) in [5.74, 6) is -0.904. The van der Waals surface area contributed by atoms with Gasteiger partial charge in [-0.1, -0.05) is 6.08 Å². The molecule has 2 fully saturated rings. The highest BCUT2D eigenvalue weighted by molar-refractivity contribution is 5.79. The van der Waals surface area contributed by atoms with Gasteiger partial charge in [0, 0.05) is 25.7 Å². The smallest absolute Gasteiger partial charge is 0.328 e. The van der Waals surface area contributed by atoms with Crippen LogP contribution in [0.15, 0.2) is 12.2 Å². The van der Waals surface area contributed by atoms with E-state index in [1.54, 1.807) is 6.08 Å². The topological polar surface area (TPSA) is 59.0 Å². The van der Waals surface area contributed by atoms with E-state index < -0.39 is 5.97 Å². The number of hydrogen-bond acceptors (Lipinski definition) is 4. The first-order valence-corrected chi connectivity index (χ1v) is 5.11. The van der Waals surface area contributed by atoms with Gasteiger partial charge in [-0.05, 0) is 0 Å². The highest BCUT2D eigenvalue weighted by atomic mass is 16.6. The summed E-state index contributed by atoms with van der Waals surface area (Å²) < 4.78 is 11.1. The van der Waals surface area contributed by atoms with Gasteiger partial charge in [-0.2, -0.15) is 0 Å². The molecule has 0 unspecified atom stereocenters. The lowest BCUT2D eigenvalue weighted by molar-refractivity contribution is -0.131. The number of carboxylic acid groups (broad SMARTS) is 1. The molecule has 0 aromatic heterocycles. The van der Waals surface area contributed by atoms with Gasteiger partial charge in [-0.3, -0.25) is 4.90 Å². The van der Waals surface area contributed by atoms with E-state index in [0.717, 1.165) is 13.1 Å². The van der Waals surface area contributed by atoms with Gasteiger partial charge in [0.2, 0.25) is 0 Å². The number of hydrogen-bond donors (Lipinski definition) is 1. The average molecular weight is 213 g/mol. The third-order valence-electron chi connectivity index (χ3n) is 2.66. The molecule has 2 aliphatic heterocycles. The molecule has 0 aromatic carbocycles. The minimum atomic E-state index is -0.904. The van der Waals surface area contributed by atoms with E-state index in [9.17, 15) is 4.79 Å². The number of carbonyl (C=O) groups is 1.